The first-order chi connectivity index (χ1) is 4.33. The van der Waals surface area contributed by atoms with E-state index in [-0.39, 0.29) is 12.2 Å². The number of aliphatic hydroxyl groups excluding tert-OH is 1. The van der Waals surface area contributed by atoms with Gasteiger partial charge in [-0.2, -0.15) is 0 Å². The molecule has 0 aliphatic carbocycles. The zero-order valence-corrected chi connectivity index (χ0v) is 5.50. The number of ether oxygens (including phenoxy) is 1. The number of aliphatic imine (C=N–C) groups is 1. The van der Waals surface area contributed by atoms with Crippen molar-refractivity contribution in [3.05, 3.63) is 0 Å². The van der Waals surface area contributed by atoms with Crippen molar-refractivity contribution in [1.29, 1.82) is 0 Å². The molecule has 0 bridgehead atoms. The van der Waals surface area contributed by atoms with Crippen LogP contribution in [0.25, 0.3) is 0 Å². The minimum Gasteiger partial charge on any atom is -0.473 e. The Morgan fingerprint density at radius 2 is 2.67 bits per heavy atom. The molecular formula is C6H11NO2. The van der Waals surface area contributed by atoms with Crippen molar-refractivity contribution >= 4 is 6.40 Å². The van der Waals surface area contributed by atoms with E-state index in [0.717, 1.165) is 6.42 Å². The first-order valence-electron chi connectivity index (χ1n) is 3.10. The van der Waals surface area contributed by atoms with Gasteiger partial charge in [-0.3, -0.25) is 4.99 Å². The third-order valence-electron chi connectivity index (χ3n) is 1.69. The summed E-state index contributed by atoms with van der Waals surface area (Å²) in [7, 11) is 0. The first kappa shape index (κ1) is 6.55. The second kappa shape index (κ2) is 2.35. The van der Waals surface area contributed by atoms with E-state index in [1.165, 1.54) is 6.40 Å². The van der Waals surface area contributed by atoms with Gasteiger partial charge in [-0.15, -0.1) is 0 Å². The van der Waals surface area contributed by atoms with Gasteiger partial charge < -0.3 is 9.84 Å². The van der Waals surface area contributed by atoms with Crippen LogP contribution in [0.5, 0.6) is 0 Å². The van der Waals surface area contributed by atoms with Crippen LogP contribution >= 0.6 is 0 Å². The molecule has 1 aliphatic rings. The van der Waals surface area contributed by atoms with Gasteiger partial charge in [0.15, 0.2) is 12.0 Å². The van der Waals surface area contributed by atoms with E-state index < -0.39 is 0 Å². The van der Waals surface area contributed by atoms with Gasteiger partial charge >= 0.3 is 0 Å². The van der Waals surface area contributed by atoms with Gasteiger partial charge in [-0.05, 0) is 6.42 Å². The average molecular weight is 129 g/mol. The quantitative estimate of drug-likeness (QED) is 0.578. The summed E-state index contributed by atoms with van der Waals surface area (Å²) in [6.45, 7) is 2.63. The highest BCUT2D eigenvalue weighted by Gasteiger charge is 2.31. The van der Waals surface area contributed by atoms with Gasteiger partial charge in [0.2, 0.25) is 0 Å². The summed E-state index contributed by atoms with van der Waals surface area (Å²) in [6.07, 6.45) is 2.23. The minimum absolute atomic E-state index is 0.0590. The average Bonchev–Trinajstić information content (AvgIpc) is 2.36. The molecular weight excluding hydrogens is 118 g/mol. The molecule has 1 N–H and O–H groups in total. The van der Waals surface area contributed by atoms with Crippen LogP contribution < -0.4 is 0 Å². The Kier molecular flexibility index (Phi) is 1.71. The Labute approximate surface area is 54.4 Å². The molecule has 1 unspecified atom stereocenters. The molecule has 0 fully saturated rings. The molecule has 0 amide bonds. The molecule has 0 aromatic rings. The lowest BCUT2D eigenvalue weighted by Crippen LogP contribution is -2.35. The lowest BCUT2D eigenvalue weighted by atomic mass is 10.0. The molecule has 0 aromatic carbocycles. The van der Waals surface area contributed by atoms with Crippen molar-refractivity contribution < 1.29 is 9.84 Å². The summed E-state index contributed by atoms with van der Waals surface area (Å²) in [6, 6.07) is 0. The molecule has 0 saturated heterocycles. The lowest BCUT2D eigenvalue weighted by molar-refractivity contribution is 0.0246. The number of hydrogen-bond acceptors (Lipinski definition) is 3. The molecule has 3 heteroatoms. The fraction of sp³-hybridized carbons (Fsp3) is 0.833. The Hall–Kier alpha value is -0.570. The van der Waals surface area contributed by atoms with E-state index in [4.69, 9.17) is 9.84 Å². The Morgan fingerprint density at radius 3 is 2.89 bits per heavy atom. The normalized spacial score (nSPS) is 32.7. The third kappa shape index (κ3) is 1.05. The molecule has 0 radical (unpaired) electrons. The van der Waals surface area contributed by atoms with E-state index in [1.54, 1.807) is 0 Å². The van der Waals surface area contributed by atoms with Crippen molar-refractivity contribution in [3.8, 4) is 0 Å². The van der Waals surface area contributed by atoms with E-state index in [1.807, 2.05) is 6.92 Å². The fourth-order valence-electron chi connectivity index (χ4n) is 0.784. The van der Waals surface area contributed by atoms with E-state index >= 15 is 0 Å². The van der Waals surface area contributed by atoms with E-state index in [0.29, 0.717) is 6.54 Å². The van der Waals surface area contributed by atoms with Crippen LogP contribution in [0.2, 0.25) is 0 Å². The van der Waals surface area contributed by atoms with Crippen molar-refractivity contribution in [2.75, 3.05) is 13.2 Å². The molecule has 9 heavy (non-hydrogen) atoms. The largest absolute Gasteiger partial charge is 0.473 e. The zero-order chi connectivity index (χ0) is 6.74. The van der Waals surface area contributed by atoms with Gasteiger partial charge in [0, 0.05) is 0 Å². The molecule has 1 aliphatic heterocycles. The first-order valence-corrected chi connectivity index (χ1v) is 3.10. The molecule has 0 spiro atoms. The smallest absolute Gasteiger partial charge is 0.170 e. The van der Waals surface area contributed by atoms with Crippen molar-refractivity contribution in [2.24, 2.45) is 4.99 Å². The fourth-order valence-corrected chi connectivity index (χ4v) is 0.784. The molecule has 0 saturated carbocycles. The Bertz CT molecular complexity index is 108. The van der Waals surface area contributed by atoms with Gasteiger partial charge in [0.05, 0.1) is 13.2 Å². The van der Waals surface area contributed by atoms with Crippen LogP contribution in [0.1, 0.15) is 13.3 Å². The highest BCUT2D eigenvalue weighted by atomic mass is 16.5. The maximum Gasteiger partial charge on any atom is 0.170 e. The maximum atomic E-state index is 8.81. The topological polar surface area (TPSA) is 41.8 Å². The third-order valence-corrected chi connectivity index (χ3v) is 1.69. The van der Waals surface area contributed by atoms with Crippen molar-refractivity contribution in [2.45, 2.75) is 18.9 Å². The molecule has 1 atom stereocenters. The van der Waals surface area contributed by atoms with E-state index in [9.17, 15) is 0 Å². The maximum absolute atomic E-state index is 8.81. The molecule has 1 rings (SSSR count). The van der Waals surface area contributed by atoms with Gasteiger partial charge in [-0.25, -0.2) is 0 Å². The summed E-state index contributed by atoms with van der Waals surface area (Å²) in [4.78, 5) is 3.87. The second-order valence-electron chi connectivity index (χ2n) is 2.26. The molecule has 3 nitrogen and oxygen atoms in total. The Balaban J connectivity index is 2.50. The van der Waals surface area contributed by atoms with Crippen LogP contribution in [0.15, 0.2) is 4.99 Å². The van der Waals surface area contributed by atoms with Crippen molar-refractivity contribution in [1.82, 2.24) is 0 Å². The Morgan fingerprint density at radius 1 is 1.89 bits per heavy atom. The zero-order valence-electron chi connectivity index (χ0n) is 5.50. The van der Waals surface area contributed by atoms with Crippen LogP contribution in [0, 0.1) is 0 Å². The highest BCUT2D eigenvalue weighted by Crippen LogP contribution is 2.18. The number of hydrogen-bond donors (Lipinski definition) is 1. The molecule has 0 aromatic heterocycles. The van der Waals surface area contributed by atoms with Gasteiger partial charge in [0.1, 0.15) is 0 Å². The van der Waals surface area contributed by atoms with Gasteiger partial charge in [-0.1, -0.05) is 6.92 Å². The second-order valence-corrected chi connectivity index (χ2v) is 2.26. The summed E-state index contributed by atoms with van der Waals surface area (Å²) < 4.78 is 5.10. The van der Waals surface area contributed by atoms with Crippen LogP contribution in [-0.4, -0.2) is 30.3 Å². The lowest BCUT2D eigenvalue weighted by Gasteiger charge is -2.22. The minimum atomic E-state index is -0.389. The molecule has 52 valence electrons. The summed E-state index contributed by atoms with van der Waals surface area (Å²) in [5.41, 5.74) is -0.389. The van der Waals surface area contributed by atoms with Crippen molar-refractivity contribution in [3.63, 3.8) is 0 Å². The standard InChI is InChI=1S/C6H11NO2/c1-2-6(4-8)3-7-5-9-6/h5,8H,2-4H2,1H3. The van der Waals surface area contributed by atoms with Gasteiger partial charge in [0.25, 0.3) is 0 Å². The SMILES string of the molecule is CCC1(CO)CN=CO1. The molecule has 1 heterocycles. The monoisotopic (exact) mass is 129 g/mol. The van der Waals surface area contributed by atoms with Crippen LogP contribution in [-0.2, 0) is 4.74 Å². The summed E-state index contributed by atoms with van der Waals surface area (Å²) in [5, 5.41) is 8.81. The van der Waals surface area contributed by atoms with E-state index in [2.05, 4.69) is 4.99 Å². The predicted molar refractivity (Wildman–Crippen MR) is 34.6 cm³/mol. The predicted octanol–water partition coefficient (Wildman–Crippen LogP) is 0.186. The number of aliphatic hydroxyl groups is 1. The summed E-state index contributed by atoms with van der Waals surface area (Å²) in [5.74, 6) is 0. The number of rotatable bonds is 2. The summed E-state index contributed by atoms with van der Waals surface area (Å²) >= 11 is 0. The highest BCUT2D eigenvalue weighted by molar-refractivity contribution is 5.50. The number of nitrogens with zero attached hydrogens (tertiary/aromatic N) is 1. The van der Waals surface area contributed by atoms with Crippen LogP contribution in [0.3, 0.4) is 0 Å². The van der Waals surface area contributed by atoms with Crippen LogP contribution in [0.4, 0.5) is 0 Å².